The van der Waals surface area contributed by atoms with E-state index >= 15 is 0 Å². The van der Waals surface area contributed by atoms with Crippen LogP contribution >= 0.6 is 23.8 Å². The van der Waals surface area contributed by atoms with Crippen molar-refractivity contribution in [2.75, 3.05) is 12.4 Å². The highest BCUT2D eigenvalue weighted by Gasteiger charge is 2.12. The van der Waals surface area contributed by atoms with Gasteiger partial charge in [0.25, 0.3) is 0 Å². The highest BCUT2D eigenvalue weighted by Crippen LogP contribution is 2.27. The standard InChI is InChI=1S/C16H23ClN2OS/c1-20-15-10-9-13(11-14(15)17)19-16(21)18-12-7-5-3-2-4-6-8-12/h9-12H,2-8H2,1H3,(H2,18,19,21). The van der Waals surface area contributed by atoms with Crippen molar-refractivity contribution in [3.05, 3.63) is 23.2 Å². The minimum absolute atomic E-state index is 0.485. The van der Waals surface area contributed by atoms with Crippen molar-refractivity contribution in [3.63, 3.8) is 0 Å². The maximum absolute atomic E-state index is 6.12. The molecule has 0 atom stereocenters. The van der Waals surface area contributed by atoms with Crippen molar-refractivity contribution in [1.29, 1.82) is 0 Å². The number of thiocarbonyl (C=S) groups is 1. The molecule has 0 aliphatic heterocycles. The van der Waals surface area contributed by atoms with Crippen LogP contribution in [0.1, 0.15) is 44.9 Å². The minimum atomic E-state index is 0.485. The van der Waals surface area contributed by atoms with E-state index in [1.807, 2.05) is 18.2 Å². The van der Waals surface area contributed by atoms with Crippen molar-refractivity contribution >= 4 is 34.6 Å². The van der Waals surface area contributed by atoms with Gasteiger partial charge in [-0.1, -0.05) is 43.7 Å². The lowest BCUT2D eigenvalue weighted by Crippen LogP contribution is -2.38. The Hall–Kier alpha value is -1.00. The SMILES string of the molecule is COc1ccc(NC(=S)NC2CCCCCCC2)cc1Cl. The maximum atomic E-state index is 6.12. The van der Waals surface area contributed by atoms with E-state index in [0.717, 1.165) is 5.69 Å². The van der Waals surface area contributed by atoms with Gasteiger partial charge in [-0.25, -0.2) is 0 Å². The van der Waals surface area contributed by atoms with E-state index in [0.29, 0.717) is 21.9 Å². The average Bonchev–Trinajstić information content (AvgIpc) is 2.42. The lowest BCUT2D eigenvalue weighted by Gasteiger charge is -2.23. The molecule has 1 aliphatic rings. The van der Waals surface area contributed by atoms with Crippen LogP contribution in [0.2, 0.25) is 5.02 Å². The molecule has 5 heteroatoms. The molecule has 3 nitrogen and oxygen atoms in total. The zero-order chi connectivity index (χ0) is 15.1. The van der Waals surface area contributed by atoms with Crippen LogP contribution in [0.4, 0.5) is 5.69 Å². The van der Waals surface area contributed by atoms with Crippen molar-refractivity contribution in [2.24, 2.45) is 0 Å². The van der Waals surface area contributed by atoms with Gasteiger partial charge in [0.15, 0.2) is 5.11 Å². The second-order valence-corrected chi connectivity index (χ2v) is 6.31. The Morgan fingerprint density at radius 3 is 2.48 bits per heavy atom. The van der Waals surface area contributed by atoms with Crippen LogP contribution in [0.25, 0.3) is 0 Å². The molecule has 1 aliphatic carbocycles. The van der Waals surface area contributed by atoms with Gasteiger partial charge in [-0.15, -0.1) is 0 Å². The summed E-state index contributed by atoms with van der Waals surface area (Å²) in [6.07, 6.45) is 9.03. The number of hydrogen-bond acceptors (Lipinski definition) is 2. The molecule has 116 valence electrons. The van der Waals surface area contributed by atoms with E-state index in [-0.39, 0.29) is 0 Å². The smallest absolute Gasteiger partial charge is 0.170 e. The van der Waals surface area contributed by atoms with Crippen LogP contribution in [0.5, 0.6) is 5.75 Å². The van der Waals surface area contributed by atoms with Crippen molar-refractivity contribution < 1.29 is 4.74 Å². The fourth-order valence-corrected chi connectivity index (χ4v) is 3.24. The van der Waals surface area contributed by atoms with Gasteiger partial charge >= 0.3 is 0 Å². The summed E-state index contributed by atoms with van der Waals surface area (Å²) in [4.78, 5) is 0. The molecule has 0 radical (unpaired) electrons. The minimum Gasteiger partial charge on any atom is -0.495 e. The van der Waals surface area contributed by atoms with E-state index in [4.69, 9.17) is 28.6 Å². The molecule has 1 fully saturated rings. The van der Waals surface area contributed by atoms with Crippen molar-refractivity contribution in [3.8, 4) is 5.75 Å². The van der Waals surface area contributed by atoms with Gasteiger partial charge in [0.05, 0.1) is 12.1 Å². The summed E-state index contributed by atoms with van der Waals surface area (Å²) < 4.78 is 5.14. The number of ether oxygens (including phenoxy) is 1. The number of hydrogen-bond donors (Lipinski definition) is 2. The second kappa shape index (κ2) is 8.44. The van der Waals surface area contributed by atoms with Crippen LogP contribution in [0.3, 0.4) is 0 Å². The molecule has 0 spiro atoms. The summed E-state index contributed by atoms with van der Waals surface area (Å²) in [5.41, 5.74) is 0.879. The van der Waals surface area contributed by atoms with Crippen LogP contribution in [0, 0.1) is 0 Å². The van der Waals surface area contributed by atoms with Crippen LogP contribution in [0.15, 0.2) is 18.2 Å². The molecular formula is C16H23ClN2OS. The fraction of sp³-hybridized carbons (Fsp3) is 0.562. The lowest BCUT2D eigenvalue weighted by atomic mass is 9.97. The first-order valence-electron chi connectivity index (χ1n) is 7.60. The highest BCUT2D eigenvalue weighted by atomic mass is 35.5. The van der Waals surface area contributed by atoms with Gasteiger partial charge in [-0.3, -0.25) is 0 Å². The Morgan fingerprint density at radius 2 is 1.86 bits per heavy atom. The maximum Gasteiger partial charge on any atom is 0.170 e. The van der Waals surface area contributed by atoms with E-state index in [9.17, 15) is 0 Å². The monoisotopic (exact) mass is 326 g/mol. The number of nitrogens with one attached hydrogen (secondary N) is 2. The van der Waals surface area contributed by atoms with Crippen molar-refractivity contribution in [1.82, 2.24) is 5.32 Å². The molecular weight excluding hydrogens is 304 g/mol. The Kier molecular flexibility index (Phi) is 6.58. The normalized spacial score (nSPS) is 16.7. The van der Waals surface area contributed by atoms with Crippen LogP contribution in [-0.4, -0.2) is 18.3 Å². The summed E-state index contributed by atoms with van der Waals surface area (Å²) in [5.74, 6) is 0.668. The summed E-state index contributed by atoms with van der Waals surface area (Å²) in [6.45, 7) is 0. The fourth-order valence-electron chi connectivity index (χ4n) is 2.70. The van der Waals surface area contributed by atoms with Gasteiger partial charge in [0.1, 0.15) is 5.75 Å². The predicted octanol–water partition coefficient (Wildman–Crippen LogP) is 4.75. The molecule has 2 rings (SSSR count). The number of benzene rings is 1. The van der Waals surface area contributed by atoms with Crippen LogP contribution < -0.4 is 15.4 Å². The molecule has 1 aromatic rings. The van der Waals surface area contributed by atoms with E-state index in [1.165, 1.54) is 44.9 Å². The molecule has 0 unspecified atom stereocenters. The van der Waals surface area contributed by atoms with Gasteiger partial charge in [0.2, 0.25) is 0 Å². The molecule has 0 aromatic heterocycles. The molecule has 2 N–H and O–H groups in total. The first-order chi connectivity index (χ1) is 10.2. The first-order valence-corrected chi connectivity index (χ1v) is 8.38. The van der Waals surface area contributed by atoms with Gasteiger partial charge in [0, 0.05) is 11.7 Å². The number of rotatable bonds is 3. The van der Waals surface area contributed by atoms with Gasteiger partial charge in [-0.05, 0) is 43.3 Å². The van der Waals surface area contributed by atoms with E-state index in [1.54, 1.807) is 7.11 Å². The third kappa shape index (κ3) is 5.36. The average molecular weight is 327 g/mol. The molecule has 0 amide bonds. The van der Waals surface area contributed by atoms with Crippen LogP contribution in [-0.2, 0) is 0 Å². The molecule has 1 aromatic carbocycles. The highest BCUT2D eigenvalue weighted by molar-refractivity contribution is 7.80. The second-order valence-electron chi connectivity index (χ2n) is 5.49. The first kappa shape index (κ1) is 16.4. The van der Waals surface area contributed by atoms with Crippen molar-refractivity contribution in [2.45, 2.75) is 51.0 Å². The summed E-state index contributed by atoms with van der Waals surface area (Å²) >= 11 is 11.5. The Bertz CT molecular complexity index is 473. The summed E-state index contributed by atoms with van der Waals surface area (Å²) in [7, 11) is 1.61. The quantitative estimate of drug-likeness (QED) is 0.785. The van der Waals surface area contributed by atoms with E-state index < -0.39 is 0 Å². The third-order valence-corrected chi connectivity index (χ3v) is 4.37. The summed E-state index contributed by atoms with van der Waals surface area (Å²) in [6, 6.07) is 6.06. The zero-order valence-corrected chi connectivity index (χ0v) is 14.0. The molecule has 21 heavy (non-hydrogen) atoms. The molecule has 0 saturated heterocycles. The number of methoxy groups -OCH3 is 1. The predicted molar refractivity (Wildman–Crippen MR) is 93.5 cm³/mol. The largest absolute Gasteiger partial charge is 0.495 e. The lowest BCUT2D eigenvalue weighted by molar-refractivity contribution is 0.415. The number of anilines is 1. The van der Waals surface area contributed by atoms with E-state index in [2.05, 4.69) is 10.6 Å². The summed E-state index contributed by atoms with van der Waals surface area (Å²) in [5, 5.41) is 7.88. The molecule has 0 bridgehead atoms. The van der Waals surface area contributed by atoms with Gasteiger partial charge in [-0.2, -0.15) is 0 Å². The van der Waals surface area contributed by atoms with Gasteiger partial charge < -0.3 is 15.4 Å². The molecule has 1 saturated carbocycles. The number of halogens is 1. The Morgan fingerprint density at radius 1 is 1.19 bits per heavy atom. The topological polar surface area (TPSA) is 33.3 Å². The zero-order valence-electron chi connectivity index (χ0n) is 12.5. The Balaban J connectivity index is 1.87. The molecule has 0 heterocycles. The Labute approximate surface area is 137 Å². The third-order valence-electron chi connectivity index (χ3n) is 3.85.